The van der Waals surface area contributed by atoms with Gasteiger partial charge in [0.1, 0.15) is 24.9 Å². The van der Waals surface area contributed by atoms with Crippen molar-refractivity contribution in [3.05, 3.63) is 23.8 Å². The number of aliphatic hydroxyl groups excluding tert-OH is 3. The van der Waals surface area contributed by atoms with Crippen molar-refractivity contribution in [3.8, 4) is 0 Å². The van der Waals surface area contributed by atoms with E-state index in [9.17, 15) is 25.2 Å². The normalized spacial score (nSPS) is 54.5. The summed E-state index contributed by atoms with van der Waals surface area (Å²) in [7, 11) is 0. The van der Waals surface area contributed by atoms with Gasteiger partial charge in [0, 0.05) is 11.5 Å². The topological polar surface area (TPSA) is 144 Å². The molecule has 0 aromatic carbocycles. The van der Waals surface area contributed by atoms with Crippen LogP contribution >= 0.6 is 0 Å². The Balaban J connectivity index is 1.01. The van der Waals surface area contributed by atoms with Crippen molar-refractivity contribution in [3.63, 3.8) is 0 Å². The highest BCUT2D eigenvalue weighted by atomic mass is 16.7. The predicted molar refractivity (Wildman–Crippen MR) is 161 cm³/mol. The summed E-state index contributed by atoms with van der Waals surface area (Å²) < 4.78 is 29.4. The van der Waals surface area contributed by atoms with Gasteiger partial charge in [0.25, 0.3) is 0 Å². The smallest absolute Gasteiger partial charge is 0.331 e. The second-order valence-electron chi connectivity index (χ2n) is 15.7. The van der Waals surface area contributed by atoms with Gasteiger partial charge in [-0.3, -0.25) is 0 Å². The highest BCUT2D eigenvalue weighted by Gasteiger charge is 2.67. The Morgan fingerprint density at radius 3 is 2.40 bits per heavy atom. The van der Waals surface area contributed by atoms with Crippen molar-refractivity contribution in [1.29, 1.82) is 0 Å². The van der Waals surface area contributed by atoms with Crippen molar-refractivity contribution in [2.75, 3.05) is 6.61 Å². The minimum atomic E-state index is -1.21. The molecule has 4 saturated carbocycles. The quantitative estimate of drug-likeness (QED) is 0.203. The van der Waals surface area contributed by atoms with Crippen LogP contribution in [0.5, 0.6) is 0 Å². The van der Waals surface area contributed by atoms with E-state index >= 15 is 0 Å². The third kappa shape index (κ3) is 5.17. The molecular weight excluding hydrogens is 580 g/mol. The molecule has 16 atom stereocenters. The zero-order chi connectivity index (χ0) is 31.9. The third-order valence-electron chi connectivity index (χ3n) is 13.6. The van der Waals surface area contributed by atoms with Gasteiger partial charge in [-0.25, -0.2) is 4.79 Å². The minimum Gasteiger partial charge on any atom is -0.458 e. The van der Waals surface area contributed by atoms with Gasteiger partial charge < -0.3 is 44.1 Å². The fourth-order valence-corrected chi connectivity index (χ4v) is 10.9. The van der Waals surface area contributed by atoms with E-state index in [-0.39, 0.29) is 34.7 Å². The van der Waals surface area contributed by atoms with Crippen LogP contribution in [0.1, 0.15) is 85.5 Å². The zero-order valence-corrected chi connectivity index (χ0v) is 27.0. The van der Waals surface area contributed by atoms with E-state index in [1.54, 1.807) is 32.1 Å². The molecule has 3 aliphatic heterocycles. The second-order valence-corrected chi connectivity index (χ2v) is 15.7. The van der Waals surface area contributed by atoms with E-state index < -0.39 is 54.8 Å². The second kappa shape index (κ2) is 11.7. The molecule has 10 nitrogen and oxygen atoms in total. The average molecular weight is 633 g/mol. The standard InChI is InChI=1S/C35H52O10/c1-18-26(36)7-8-28(42-18)45-31-29(38)19(2)43-32(30(31)39)44-22-9-12-33(3)21(16-22)5-6-25-24(33)10-13-34(4)23(11-14-35(25,34)40)20-15-27(37)41-17-20/h7-8,15,18-19,21-26,28-32,36,38-40H,5-6,9-14,16-17H2,1-4H3/t18-,19?,21?,22?,23?,24?,25+,26-,28+,29-,30-,31?,32?,33?,34?,35-/m0/s1. The van der Waals surface area contributed by atoms with Crippen LogP contribution in [-0.4, -0.2) is 93.9 Å². The lowest BCUT2D eigenvalue weighted by molar-refractivity contribution is -0.332. The molecular formula is C35H52O10. The molecule has 7 aliphatic rings. The van der Waals surface area contributed by atoms with Gasteiger partial charge in [-0.2, -0.15) is 0 Å². The monoisotopic (exact) mass is 632 g/mol. The summed E-state index contributed by atoms with van der Waals surface area (Å²) in [6.45, 7) is 8.54. The summed E-state index contributed by atoms with van der Waals surface area (Å²) in [4.78, 5) is 11.9. The maximum atomic E-state index is 12.5. The first-order valence-electron chi connectivity index (χ1n) is 17.3. The Hall–Kier alpha value is -1.37. The lowest BCUT2D eigenvalue weighted by Crippen LogP contribution is -2.63. The number of carbonyl (C=O) groups is 1. The molecule has 10 heteroatoms. The largest absolute Gasteiger partial charge is 0.458 e. The average Bonchev–Trinajstić information content (AvgIpc) is 3.55. The molecule has 4 N–H and O–H groups in total. The van der Waals surface area contributed by atoms with Crippen LogP contribution in [0.25, 0.3) is 0 Å². The number of hydrogen-bond donors (Lipinski definition) is 4. The Kier molecular flexibility index (Phi) is 8.33. The first-order valence-corrected chi connectivity index (χ1v) is 17.3. The molecule has 9 unspecified atom stereocenters. The van der Waals surface area contributed by atoms with Crippen LogP contribution in [-0.2, 0) is 28.5 Å². The molecule has 0 spiro atoms. The van der Waals surface area contributed by atoms with Crippen LogP contribution in [0.3, 0.4) is 0 Å². The first kappa shape index (κ1) is 32.2. The van der Waals surface area contributed by atoms with Crippen LogP contribution < -0.4 is 0 Å². The summed E-state index contributed by atoms with van der Waals surface area (Å²) in [5.41, 5.74) is 0.166. The third-order valence-corrected chi connectivity index (χ3v) is 13.6. The van der Waals surface area contributed by atoms with Crippen molar-refractivity contribution in [2.24, 2.45) is 34.5 Å². The first-order chi connectivity index (χ1) is 21.3. The van der Waals surface area contributed by atoms with Crippen LogP contribution in [0.2, 0.25) is 0 Å². The fourth-order valence-electron chi connectivity index (χ4n) is 10.9. The van der Waals surface area contributed by atoms with Gasteiger partial charge in [-0.05, 0) is 112 Å². The molecule has 1 saturated heterocycles. The van der Waals surface area contributed by atoms with Crippen molar-refractivity contribution >= 4 is 5.97 Å². The summed E-state index contributed by atoms with van der Waals surface area (Å²) in [5, 5.41) is 44.5. The molecule has 3 heterocycles. The van der Waals surface area contributed by atoms with Gasteiger partial charge in [0.05, 0.1) is 30.0 Å². The molecule has 252 valence electrons. The molecule has 7 rings (SSSR count). The van der Waals surface area contributed by atoms with Crippen LogP contribution in [0.15, 0.2) is 23.8 Å². The van der Waals surface area contributed by atoms with Gasteiger partial charge in [0.2, 0.25) is 0 Å². The maximum absolute atomic E-state index is 12.5. The number of fused-ring (bicyclic) bond motifs is 5. The molecule has 4 aliphatic carbocycles. The van der Waals surface area contributed by atoms with Crippen molar-refractivity contribution in [1.82, 2.24) is 0 Å². The van der Waals surface area contributed by atoms with Crippen molar-refractivity contribution < 1.29 is 48.9 Å². The number of rotatable bonds is 5. The summed E-state index contributed by atoms with van der Waals surface area (Å²) >= 11 is 0. The Morgan fingerprint density at radius 2 is 1.67 bits per heavy atom. The number of carbonyl (C=O) groups excluding carboxylic acids is 1. The maximum Gasteiger partial charge on any atom is 0.331 e. The Morgan fingerprint density at radius 1 is 0.867 bits per heavy atom. The van der Waals surface area contributed by atoms with E-state index in [1.807, 2.05) is 0 Å². The number of hydrogen-bond acceptors (Lipinski definition) is 10. The highest BCUT2D eigenvalue weighted by molar-refractivity contribution is 5.85. The number of esters is 1. The van der Waals surface area contributed by atoms with E-state index in [2.05, 4.69) is 13.8 Å². The summed E-state index contributed by atoms with van der Waals surface area (Å²) in [6, 6.07) is 0. The van der Waals surface area contributed by atoms with E-state index in [4.69, 9.17) is 23.7 Å². The Bertz CT molecular complexity index is 1200. The van der Waals surface area contributed by atoms with Crippen LogP contribution in [0.4, 0.5) is 0 Å². The van der Waals surface area contributed by atoms with Gasteiger partial charge in [-0.1, -0.05) is 19.9 Å². The lowest BCUT2D eigenvalue weighted by Gasteiger charge is -2.64. The lowest BCUT2D eigenvalue weighted by atomic mass is 9.43. The number of ether oxygens (including phenoxy) is 5. The summed E-state index contributed by atoms with van der Waals surface area (Å²) in [5.74, 6) is 1.04. The van der Waals surface area contributed by atoms with Gasteiger partial charge in [0.15, 0.2) is 12.6 Å². The molecule has 45 heavy (non-hydrogen) atoms. The van der Waals surface area contributed by atoms with E-state index in [1.165, 1.54) is 0 Å². The SMILES string of the molecule is CC1OC(OC2CCC3(C)C(CC[C@@H]4C3CCC3(C)C(C5=CC(=O)OC5)CC[C@]43O)C2)[C@@H](O)C(O[C@@H]2C=C[C@H](O)[C@H](C)O2)[C@H]1O. The molecule has 5 fully saturated rings. The molecule has 0 amide bonds. The zero-order valence-electron chi connectivity index (χ0n) is 27.0. The number of cyclic esters (lactones) is 1. The van der Waals surface area contributed by atoms with E-state index in [0.29, 0.717) is 18.4 Å². The number of aliphatic hydroxyl groups is 4. The molecule has 0 radical (unpaired) electrons. The molecule has 0 aromatic heterocycles. The molecule has 0 bridgehead atoms. The van der Waals surface area contributed by atoms with Crippen LogP contribution in [0, 0.1) is 34.5 Å². The minimum absolute atomic E-state index is 0.0940. The van der Waals surface area contributed by atoms with E-state index in [0.717, 1.165) is 63.4 Å². The fraction of sp³-hybridized carbons (Fsp3) is 0.857. The highest BCUT2D eigenvalue weighted by Crippen LogP contribution is 2.70. The van der Waals surface area contributed by atoms with Gasteiger partial charge in [-0.15, -0.1) is 0 Å². The Labute approximate surface area is 266 Å². The molecule has 0 aromatic rings. The summed E-state index contributed by atoms with van der Waals surface area (Å²) in [6.07, 6.45) is 6.34. The van der Waals surface area contributed by atoms with Gasteiger partial charge >= 0.3 is 5.97 Å². The van der Waals surface area contributed by atoms with Crippen molar-refractivity contribution in [2.45, 2.75) is 146 Å². The predicted octanol–water partition coefficient (Wildman–Crippen LogP) is 3.14.